The number of alkyl halides is 3. The van der Waals surface area contributed by atoms with Crippen molar-refractivity contribution >= 4 is 23.3 Å². The molecule has 0 spiro atoms. The van der Waals surface area contributed by atoms with Gasteiger partial charge in [0, 0.05) is 12.1 Å². The molecular weight excluding hydrogens is 381 g/mol. The highest BCUT2D eigenvalue weighted by Gasteiger charge is 2.36. The summed E-state index contributed by atoms with van der Waals surface area (Å²) in [7, 11) is 0. The molecule has 10 heteroatoms. The third-order valence-electron chi connectivity index (χ3n) is 3.80. The minimum absolute atomic E-state index is 0.216. The molecule has 0 aliphatic heterocycles. The first-order chi connectivity index (χ1) is 13.0. The van der Waals surface area contributed by atoms with Gasteiger partial charge in [0.2, 0.25) is 0 Å². The number of carbonyl (C=O) groups excluding carboxylic acids is 2. The maximum absolute atomic E-state index is 13.2. The molecule has 2 aromatic carbocycles. The number of nitro groups is 1. The highest BCUT2D eigenvalue weighted by Crippen LogP contribution is 2.37. The SMILES string of the molecule is Cc1ccccc1C(=O)O[C@@H](C)C(=O)Nc1ccc([N+](=O)[O-])cc1C(F)(F)F. The van der Waals surface area contributed by atoms with E-state index in [-0.39, 0.29) is 5.56 Å². The third kappa shape index (κ3) is 4.84. The molecule has 1 amide bonds. The van der Waals surface area contributed by atoms with Gasteiger partial charge in [-0.15, -0.1) is 0 Å². The van der Waals surface area contributed by atoms with Crippen LogP contribution in [0.3, 0.4) is 0 Å². The molecule has 7 nitrogen and oxygen atoms in total. The van der Waals surface area contributed by atoms with Crippen molar-refractivity contribution in [1.29, 1.82) is 0 Å². The number of nitrogens with zero attached hydrogens (tertiary/aromatic N) is 1. The molecule has 1 atom stereocenters. The van der Waals surface area contributed by atoms with Crippen LogP contribution in [-0.2, 0) is 15.7 Å². The lowest BCUT2D eigenvalue weighted by Crippen LogP contribution is -2.31. The largest absolute Gasteiger partial charge is 0.449 e. The first-order valence-electron chi connectivity index (χ1n) is 7.94. The van der Waals surface area contributed by atoms with E-state index >= 15 is 0 Å². The number of amides is 1. The van der Waals surface area contributed by atoms with Gasteiger partial charge in [-0.1, -0.05) is 18.2 Å². The number of benzene rings is 2. The molecule has 0 aromatic heterocycles. The minimum atomic E-state index is -4.93. The van der Waals surface area contributed by atoms with Gasteiger partial charge in [-0.25, -0.2) is 4.79 Å². The first kappa shape index (κ1) is 20.9. The van der Waals surface area contributed by atoms with E-state index < -0.39 is 46.0 Å². The van der Waals surface area contributed by atoms with Crippen LogP contribution in [0.15, 0.2) is 42.5 Å². The van der Waals surface area contributed by atoms with Crippen LogP contribution in [0.1, 0.15) is 28.4 Å². The van der Waals surface area contributed by atoms with Crippen molar-refractivity contribution in [2.45, 2.75) is 26.1 Å². The Kier molecular flexibility index (Phi) is 6.02. The molecule has 0 radical (unpaired) electrons. The number of carbonyl (C=O) groups is 2. The van der Waals surface area contributed by atoms with Gasteiger partial charge in [-0.3, -0.25) is 14.9 Å². The smallest absolute Gasteiger partial charge is 0.418 e. The molecule has 0 unspecified atom stereocenters. The number of non-ortho nitro benzene ring substituents is 1. The van der Waals surface area contributed by atoms with Crippen molar-refractivity contribution in [3.63, 3.8) is 0 Å². The molecular formula is C18H15F3N2O5. The van der Waals surface area contributed by atoms with Crippen LogP contribution in [0, 0.1) is 17.0 Å². The number of esters is 1. The fraction of sp³-hybridized carbons (Fsp3) is 0.222. The highest BCUT2D eigenvalue weighted by atomic mass is 19.4. The normalized spacial score (nSPS) is 12.2. The van der Waals surface area contributed by atoms with Gasteiger partial charge in [-0.05, 0) is 31.5 Å². The molecule has 148 valence electrons. The summed E-state index contributed by atoms with van der Waals surface area (Å²) in [6.07, 6.45) is -6.33. The molecule has 0 fully saturated rings. The Morgan fingerprint density at radius 1 is 1.18 bits per heavy atom. The number of ether oxygens (including phenoxy) is 1. The number of rotatable bonds is 5. The van der Waals surface area contributed by atoms with E-state index in [2.05, 4.69) is 0 Å². The van der Waals surface area contributed by atoms with E-state index in [1.807, 2.05) is 5.32 Å². The lowest BCUT2D eigenvalue weighted by atomic mass is 10.1. The fourth-order valence-electron chi connectivity index (χ4n) is 2.30. The van der Waals surface area contributed by atoms with Crippen LogP contribution in [0.2, 0.25) is 0 Å². The van der Waals surface area contributed by atoms with Gasteiger partial charge in [0.1, 0.15) is 0 Å². The zero-order chi connectivity index (χ0) is 21.1. The quantitative estimate of drug-likeness (QED) is 0.466. The van der Waals surface area contributed by atoms with E-state index in [4.69, 9.17) is 4.74 Å². The second kappa shape index (κ2) is 8.07. The number of halogens is 3. The highest BCUT2D eigenvalue weighted by molar-refractivity contribution is 5.98. The van der Waals surface area contributed by atoms with Crippen molar-refractivity contribution in [3.05, 3.63) is 69.3 Å². The van der Waals surface area contributed by atoms with Crippen LogP contribution in [0.5, 0.6) is 0 Å². The summed E-state index contributed by atoms with van der Waals surface area (Å²) >= 11 is 0. The number of nitro benzene ring substituents is 1. The van der Waals surface area contributed by atoms with E-state index in [1.54, 1.807) is 25.1 Å². The number of anilines is 1. The van der Waals surface area contributed by atoms with Gasteiger partial charge in [-0.2, -0.15) is 13.2 Å². The van der Waals surface area contributed by atoms with E-state index in [9.17, 15) is 32.9 Å². The zero-order valence-corrected chi connectivity index (χ0v) is 14.7. The molecule has 2 rings (SSSR count). The number of nitrogens with one attached hydrogen (secondary N) is 1. The molecule has 0 bridgehead atoms. The van der Waals surface area contributed by atoms with Crippen LogP contribution in [0.4, 0.5) is 24.5 Å². The van der Waals surface area contributed by atoms with E-state index in [0.29, 0.717) is 11.6 Å². The van der Waals surface area contributed by atoms with Gasteiger partial charge in [0.05, 0.1) is 21.7 Å². The standard InChI is InChI=1S/C18H15F3N2O5/c1-10-5-3-4-6-13(10)17(25)28-11(2)16(24)22-15-8-7-12(23(26)27)9-14(15)18(19,20)21/h3-9,11H,1-2H3,(H,22,24)/t11-/m0/s1. The van der Waals surface area contributed by atoms with Crippen LogP contribution in [0.25, 0.3) is 0 Å². The number of hydrogen-bond donors (Lipinski definition) is 1. The average Bonchev–Trinajstić information content (AvgIpc) is 2.61. The second-order valence-electron chi connectivity index (χ2n) is 5.84. The van der Waals surface area contributed by atoms with Crippen LogP contribution in [-0.4, -0.2) is 22.9 Å². The van der Waals surface area contributed by atoms with Crippen molar-refractivity contribution in [3.8, 4) is 0 Å². The Hall–Kier alpha value is -3.43. The third-order valence-corrected chi connectivity index (χ3v) is 3.80. The van der Waals surface area contributed by atoms with Gasteiger partial charge in [0.25, 0.3) is 11.6 Å². The summed E-state index contributed by atoms with van der Waals surface area (Å²) in [6.45, 7) is 2.86. The van der Waals surface area contributed by atoms with Crippen molar-refractivity contribution < 1.29 is 32.4 Å². The summed E-state index contributed by atoms with van der Waals surface area (Å²) in [5.74, 6) is -1.82. The van der Waals surface area contributed by atoms with Gasteiger partial charge in [0.15, 0.2) is 6.10 Å². The Balaban J connectivity index is 2.19. The Morgan fingerprint density at radius 3 is 2.39 bits per heavy atom. The Morgan fingerprint density at radius 2 is 1.82 bits per heavy atom. The Labute approximate surface area is 157 Å². The number of aryl methyl sites for hydroxylation is 1. The van der Waals surface area contributed by atoms with Gasteiger partial charge >= 0.3 is 12.1 Å². The maximum Gasteiger partial charge on any atom is 0.418 e. The van der Waals surface area contributed by atoms with Crippen molar-refractivity contribution in [2.24, 2.45) is 0 Å². The lowest BCUT2D eigenvalue weighted by molar-refractivity contribution is -0.385. The molecule has 0 saturated heterocycles. The molecule has 28 heavy (non-hydrogen) atoms. The average molecular weight is 396 g/mol. The molecule has 0 aliphatic rings. The topological polar surface area (TPSA) is 98.5 Å². The first-order valence-corrected chi connectivity index (χ1v) is 7.94. The molecule has 1 N–H and O–H groups in total. The minimum Gasteiger partial charge on any atom is -0.449 e. The fourth-order valence-corrected chi connectivity index (χ4v) is 2.30. The summed E-state index contributed by atoms with van der Waals surface area (Å²) in [5, 5.41) is 12.7. The summed E-state index contributed by atoms with van der Waals surface area (Å²) in [4.78, 5) is 34.0. The number of hydrogen-bond acceptors (Lipinski definition) is 5. The monoisotopic (exact) mass is 396 g/mol. The van der Waals surface area contributed by atoms with Crippen molar-refractivity contribution in [2.75, 3.05) is 5.32 Å². The van der Waals surface area contributed by atoms with Crippen molar-refractivity contribution in [1.82, 2.24) is 0 Å². The van der Waals surface area contributed by atoms with Crippen LogP contribution < -0.4 is 5.32 Å². The van der Waals surface area contributed by atoms with E-state index in [0.717, 1.165) is 12.1 Å². The zero-order valence-electron chi connectivity index (χ0n) is 14.7. The summed E-state index contributed by atoms with van der Waals surface area (Å²) in [5.41, 5.74) is -2.01. The summed E-state index contributed by atoms with van der Waals surface area (Å²) < 4.78 is 44.5. The van der Waals surface area contributed by atoms with Crippen LogP contribution >= 0.6 is 0 Å². The predicted molar refractivity (Wildman–Crippen MR) is 92.8 cm³/mol. The maximum atomic E-state index is 13.2. The lowest BCUT2D eigenvalue weighted by Gasteiger charge is -2.17. The van der Waals surface area contributed by atoms with Gasteiger partial charge < -0.3 is 10.1 Å². The second-order valence-corrected chi connectivity index (χ2v) is 5.84. The molecule has 0 aliphatic carbocycles. The summed E-state index contributed by atoms with van der Waals surface area (Å²) in [6, 6.07) is 8.37. The molecule has 0 saturated carbocycles. The Bertz CT molecular complexity index is 928. The predicted octanol–water partition coefficient (Wildman–Crippen LogP) is 4.11. The molecule has 0 heterocycles. The molecule has 2 aromatic rings. The van der Waals surface area contributed by atoms with E-state index in [1.165, 1.54) is 13.0 Å².